The molecule has 0 saturated heterocycles. The van der Waals surface area contributed by atoms with Gasteiger partial charge in [0.1, 0.15) is 11.6 Å². The minimum Gasteiger partial charge on any atom is -0.370 e. The van der Waals surface area contributed by atoms with Crippen LogP contribution in [-0.2, 0) is 10.8 Å². The molecule has 0 radical (unpaired) electrons. The van der Waals surface area contributed by atoms with E-state index in [2.05, 4.69) is 20.6 Å². The zero-order valence-electron chi connectivity index (χ0n) is 10.2. The Morgan fingerprint density at radius 3 is 2.53 bits per heavy atom. The fourth-order valence-electron chi connectivity index (χ4n) is 1.27. The molecule has 1 unspecified atom stereocenters. The Hall–Kier alpha value is -1.37. The van der Waals surface area contributed by atoms with E-state index in [4.69, 9.17) is 5.73 Å². The summed E-state index contributed by atoms with van der Waals surface area (Å²) in [6, 6.07) is 1.79. The van der Waals surface area contributed by atoms with Crippen molar-refractivity contribution >= 4 is 28.4 Å². The molecule has 4 N–H and O–H groups in total. The largest absolute Gasteiger partial charge is 0.370 e. The fourth-order valence-corrected chi connectivity index (χ4v) is 1.88. The molecule has 1 aromatic heterocycles. The summed E-state index contributed by atoms with van der Waals surface area (Å²) in [5.74, 6) is 2.86. The van der Waals surface area contributed by atoms with Gasteiger partial charge in [0.2, 0.25) is 5.95 Å². The van der Waals surface area contributed by atoms with Crippen LogP contribution in [0.25, 0.3) is 0 Å². The topological polar surface area (TPSA) is 92.9 Å². The molecule has 96 valence electrons. The van der Waals surface area contributed by atoms with Gasteiger partial charge in [-0.1, -0.05) is 6.92 Å². The standard InChI is InChI=1S/C10H19N5OS/c1-3-12-8-7-9(15-10(11)14-8)13-5-6-17(16)4-2/h7H,3-6H2,1-2H3,(H4,11,12,13,14,15). The normalized spacial score (nSPS) is 12.1. The molecule has 0 bridgehead atoms. The van der Waals surface area contributed by atoms with E-state index in [1.165, 1.54) is 0 Å². The summed E-state index contributed by atoms with van der Waals surface area (Å²) in [5, 5.41) is 6.15. The first-order valence-electron chi connectivity index (χ1n) is 5.63. The van der Waals surface area contributed by atoms with Crippen LogP contribution in [0.15, 0.2) is 6.07 Å². The lowest BCUT2D eigenvalue weighted by atomic mass is 10.5. The van der Waals surface area contributed by atoms with Crippen LogP contribution >= 0.6 is 0 Å². The quantitative estimate of drug-likeness (QED) is 0.665. The summed E-state index contributed by atoms with van der Waals surface area (Å²) in [6.45, 7) is 5.27. The highest BCUT2D eigenvalue weighted by molar-refractivity contribution is 7.84. The Bertz CT molecular complexity index is 385. The van der Waals surface area contributed by atoms with Crippen LogP contribution in [-0.4, -0.2) is 38.8 Å². The molecule has 0 aromatic carbocycles. The molecule has 7 heteroatoms. The lowest BCUT2D eigenvalue weighted by molar-refractivity contribution is 0.684. The first-order chi connectivity index (χ1) is 8.15. The molecule has 0 saturated carbocycles. The fraction of sp³-hybridized carbons (Fsp3) is 0.600. The van der Waals surface area contributed by atoms with Gasteiger partial charge in [-0.25, -0.2) is 0 Å². The summed E-state index contributed by atoms with van der Waals surface area (Å²) in [7, 11) is -0.768. The number of hydrogen-bond donors (Lipinski definition) is 3. The van der Waals surface area contributed by atoms with Gasteiger partial charge in [-0.2, -0.15) is 9.97 Å². The van der Waals surface area contributed by atoms with Crippen molar-refractivity contribution in [3.05, 3.63) is 6.07 Å². The molecule has 0 aliphatic rings. The van der Waals surface area contributed by atoms with Crippen molar-refractivity contribution in [3.8, 4) is 0 Å². The van der Waals surface area contributed by atoms with Gasteiger partial charge in [0, 0.05) is 41.5 Å². The number of nitrogens with one attached hydrogen (secondary N) is 2. The SMILES string of the molecule is CCNc1cc(NCCS(=O)CC)nc(N)n1. The molecule has 1 rings (SSSR count). The average molecular weight is 257 g/mol. The van der Waals surface area contributed by atoms with Crippen molar-refractivity contribution in [2.24, 2.45) is 0 Å². The van der Waals surface area contributed by atoms with E-state index >= 15 is 0 Å². The molecule has 6 nitrogen and oxygen atoms in total. The van der Waals surface area contributed by atoms with Crippen molar-refractivity contribution in [3.63, 3.8) is 0 Å². The van der Waals surface area contributed by atoms with E-state index in [9.17, 15) is 4.21 Å². The third kappa shape index (κ3) is 4.99. The molecule has 0 aliphatic heterocycles. The summed E-state index contributed by atoms with van der Waals surface area (Å²) < 4.78 is 11.2. The Kier molecular flexibility index (Phi) is 5.68. The Labute approximate surface area is 104 Å². The first kappa shape index (κ1) is 13.7. The molecule has 1 aromatic rings. The van der Waals surface area contributed by atoms with E-state index in [1.54, 1.807) is 6.07 Å². The molecular formula is C10H19N5OS. The summed E-state index contributed by atoms with van der Waals surface area (Å²) in [6.07, 6.45) is 0. The number of anilines is 3. The van der Waals surface area contributed by atoms with Gasteiger partial charge < -0.3 is 16.4 Å². The highest BCUT2D eigenvalue weighted by atomic mass is 32.2. The highest BCUT2D eigenvalue weighted by Crippen LogP contribution is 2.11. The van der Waals surface area contributed by atoms with Crippen LogP contribution in [0.4, 0.5) is 17.6 Å². The lowest BCUT2D eigenvalue weighted by Gasteiger charge is -2.08. The predicted molar refractivity (Wildman–Crippen MR) is 72.6 cm³/mol. The molecular weight excluding hydrogens is 238 g/mol. The van der Waals surface area contributed by atoms with Gasteiger partial charge in [0.15, 0.2) is 0 Å². The third-order valence-electron chi connectivity index (χ3n) is 2.06. The van der Waals surface area contributed by atoms with Gasteiger partial charge in [0.25, 0.3) is 0 Å². The smallest absolute Gasteiger partial charge is 0.223 e. The van der Waals surface area contributed by atoms with Crippen molar-refractivity contribution < 1.29 is 4.21 Å². The summed E-state index contributed by atoms with van der Waals surface area (Å²) in [4.78, 5) is 8.09. The maximum atomic E-state index is 11.2. The van der Waals surface area contributed by atoms with Crippen molar-refractivity contribution in [1.29, 1.82) is 0 Å². The minimum atomic E-state index is -0.768. The number of aromatic nitrogens is 2. The van der Waals surface area contributed by atoms with Crippen LogP contribution in [0.3, 0.4) is 0 Å². The third-order valence-corrected chi connectivity index (χ3v) is 3.36. The van der Waals surface area contributed by atoms with Crippen LogP contribution in [0.2, 0.25) is 0 Å². The van der Waals surface area contributed by atoms with Gasteiger partial charge >= 0.3 is 0 Å². The monoisotopic (exact) mass is 257 g/mol. The number of rotatable bonds is 7. The van der Waals surface area contributed by atoms with E-state index in [1.807, 2.05) is 13.8 Å². The average Bonchev–Trinajstić information content (AvgIpc) is 2.28. The molecule has 17 heavy (non-hydrogen) atoms. The first-order valence-corrected chi connectivity index (χ1v) is 7.11. The van der Waals surface area contributed by atoms with Crippen LogP contribution in [0.5, 0.6) is 0 Å². The number of hydrogen-bond acceptors (Lipinski definition) is 6. The van der Waals surface area contributed by atoms with Crippen molar-refractivity contribution in [2.75, 3.05) is 41.0 Å². The van der Waals surface area contributed by atoms with Crippen LogP contribution < -0.4 is 16.4 Å². The summed E-state index contributed by atoms with van der Waals surface area (Å²) >= 11 is 0. The molecule has 0 aliphatic carbocycles. The lowest BCUT2D eigenvalue weighted by Crippen LogP contribution is -2.14. The van der Waals surface area contributed by atoms with E-state index in [-0.39, 0.29) is 5.95 Å². The Morgan fingerprint density at radius 2 is 1.94 bits per heavy atom. The molecule has 0 fully saturated rings. The van der Waals surface area contributed by atoms with Gasteiger partial charge in [-0.15, -0.1) is 0 Å². The second kappa shape index (κ2) is 7.05. The number of nitrogen functional groups attached to an aromatic ring is 1. The maximum absolute atomic E-state index is 11.2. The van der Waals surface area contributed by atoms with Crippen LogP contribution in [0.1, 0.15) is 13.8 Å². The second-order valence-electron chi connectivity index (χ2n) is 3.39. The van der Waals surface area contributed by atoms with Gasteiger partial charge in [0.05, 0.1) is 0 Å². The summed E-state index contributed by atoms with van der Waals surface area (Å²) in [5.41, 5.74) is 5.59. The molecule has 0 amide bonds. The van der Waals surface area contributed by atoms with E-state index in [0.717, 1.165) is 6.54 Å². The van der Waals surface area contributed by atoms with Gasteiger partial charge in [-0.3, -0.25) is 4.21 Å². The maximum Gasteiger partial charge on any atom is 0.223 e. The van der Waals surface area contributed by atoms with Crippen molar-refractivity contribution in [2.45, 2.75) is 13.8 Å². The Balaban J connectivity index is 2.55. The zero-order chi connectivity index (χ0) is 12.7. The number of nitrogens with zero attached hydrogens (tertiary/aromatic N) is 2. The zero-order valence-corrected chi connectivity index (χ0v) is 11.0. The van der Waals surface area contributed by atoms with Crippen LogP contribution in [0, 0.1) is 0 Å². The minimum absolute atomic E-state index is 0.225. The molecule has 1 heterocycles. The van der Waals surface area contributed by atoms with E-state index in [0.29, 0.717) is 29.7 Å². The van der Waals surface area contributed by atoms with E-state index < -0.39 is 10.8 Å². The highest BCUT2D eigenvalue weighted by Gasteiger charge is 2.02. The number of nitrogens with two attached hydrogens (primary N) is 1. The molecule has 0 spiro atoms. The Morgan fingerprint density at radius 1 is 1.29 bits per heavy atom. The molecule has 1 atom stereocenters. The van der Waals surface area contributed by atoms with Crippen molar-refractivity contribution in [1.82, 2.24) is 9.97 Å². The predicted octanol–water partition coefficient (Wildman–Crippen LogP) is 0.671. The second-order valence-corrected chi connectivity index (χ2v) is 5.25. The van der Waals surface area contributed by atoms with Gasteiger partial charge in [-0.05, 0) is 6.92 Å².